The van der Waals surface area contributed by atoms with E-state index in [4.69, 9.17) is 16.3 Å². The number of hydrogen-bond donors (Lipinski definition) is 2. The van der Waals surface area contributed by atoms with E-state index in [1.54, 1.807) is 24.3 Å². The van der Waals surface area contributed by atoms with Gasteiger partial charge in [0.05, 0.1) is 12.3 Å². The van der Waals surface area contributed by atoms with Crippen molar-refractivity contribution in [3.63, 3.8) is 0 Å². The summed E-state index contributed by atoms with van der Waals surface area (Å²) < 4.78 is 5.50. The van der Waals surface area contributed by atoms with E-state index < -0.39 is 0 Å². The molecule has 0 saturated carbocycles. The quantitative estimate of drug-likeness (QED) is 0.544. The van der Waals surface area contributed by atoms with Crippen molar-refractivity contribution < 1.29 is 14.3 Å². The average molecular weight is 379 g/mol. The third-order valence-corrected chi connectivity index (χ3v) is 4.32. The first-order valence-electron chi connectivity index (χ1n) is 7.68. The SMILES string of the molecule is CC(=O)Nc1ccc(SCC(=O)NCCOc2ccc(Cl)cc2)cc1. The molecule has 0 heterocycles. The van der Waals surface area contributed by atoms with E-state index in [0.29, 0.717) is 29.7 Å². The van der Waals surface area contributed by atoms with Gasteiger partial charge in [0.1, 0.15) is 12.4 Å². The second-order valence-corrected chi connectivity index (χ2v) is 6.63. The molecule has 5 nitrogen and oxygen atoms in total. The summed E-state index contributed by atoms with van der Waals surface area (Å²) in [6, 6.07) is 14.4. The standard InChI is InChI=1S/C18H19ClN2O3S/c1-13(22)21-15-4-8-17(9-5-15)25-12-18(23)20-10-11-24-16-6-2-14(19)3-7-16/h2-9H,10-12H2,1H3,(H,20,23)(H,21,22). The van der Waals surface area contributed by atoms with Gasteiger partial charge in [-0.3, -0.25) is 9.59 Å². The predicted octanol–water partition coefficient (Wildman–Crippen LogP) is 3.59. The lowest BCUT2D eigenvalue weighted by Crippen LogP contribution is -2.29. The minimum atomic E-state index is -0.111. The number of carbonyl (C=O) groups is 2. The third kappa shape index (κ3) is 7.49. The molecule has 25 heavy (non-hydrogen) atoms. The highest BCUT2D eigenvalue weighted by atomic mass is 35.5. The van der Waals surface area contributed by atoms with E-state index in [1.807, 2.05) is 24.3 Å². The molecule has 0 spiro atoms. The molecule has 132 valence electrons. The summed E-state index contributed by atoms with van der Waals surface area (Å²) in [4.78, 5) is 23.7. The van der Waals surface area contributed by atoms with Crippen LogP contribution >= 0.6 is 23.4 Å². The smallest absolute Gasteiger partial charge is 0.230 e. The first-order valence-corrected chi connectivity index (χ1v) is 9.05. The zero-order chi connectivity index (χ0) is 18.1. The van der Waals surface area contributed by atoms with Crippen LogP contribution in [0.4, 0.5) is 5.69 Å². The van der Waals surface area contributed by atoms with E-state index in [9.17, 15) is 9.59 Å². The maximum atomic E-state index is 11.8. The summed E-state index contributed by atoms with van der Waals surface area (Å²) in [5.74, 6) is 0.865. The van der Waals surface area contributed by atoms with Crippen molar-refractivity contribution in [3.8, 4) is 5.75 Å². The van der Waals surface area contributed by atoms with E-state index >= 15 is 0 Å². The third-order valence-electron chi connectivity index (χ3n) is 3.05. The first-order chi connectivity index (χ1) is 12.0. The lowest BCUT2D eigenvalue weighted by atomic mass is 10.3. The Morgan fingerprint density at radius 1 is 1.08 bits per heavy atom. The molecule has 0 unspecified atom stereocenters. The molecule has 2 rings (SSSR count). The zero-order valence-corrected chi connectivity index (χ0v) is 15.3. The monoisotopic (exact) mass is 378 g/mol. The number of halogens is 1. The van der Waals surface area contributed by atoms with Gasteiger partial charge in [-0.05, 0) is 48.5 Å². The molecule has 2 aromatic carbocycles. The number of hydrogen-bond acceptors (Lipinski definition) is 4. The molecule has 0 atom stereocenters. The molecule has 0 radical (unpaired) electrons. The summed E-state index contributed by atoms with van der Waals surface area (Å²) in [7, 11) is 0. The average Bonchev–Trinajstić information content (AvgIpc) is 2.59. The van der Waals surface area contributed by atoms with Crippen LogP contribution in [0.1, 0.15) is 6.92 Å². The Hall–Kier alpha value is -2.18. The minimum absolute atomic E-state index is 0.0596. The van der Waals surface area contributed by atoms with Crippen molar-refractivity contribution in [1.29, 1.82) is 0 Å². The zero-order valence-electron chi connectivity index (χ0n) is 13.8. The van der Waals surface area contributed by atoms with Gasteiger partial charge in [-0.25, -0.2) is 0 Å². The molecule has 0 aliphatic carbocycles. The number of amides is 2. The molecule has 0 aliphatic rings. The van der Waals surface area contributed by atoms with Crippen LogP contribution in [0, 0.1) is 0 Å². The molecule has 0 fully saturated rings. The molecule has 0 aromatic heterocycles. The highest BCUT2D eigenvalue weighted by Crippen LogP contribution is 2.20. The Morgan fingerprint density at radius 3 is 2.40 bits per heavy atom. The van der Waals surface area contributed by atoms with Crippen molar-refractivity contribution in [2.45, 2.75) is 11.8 Å². The van der Waals surface area contributed by atoms with Gasteiger partial charge in [0.15, 0.2) is 0 Å². The Labute approximate surface area is 156 Å². The number of thioether (sulfide) groups is 1. The minimum Gasteiger partial charge on any atom is -0.492 e. The van der Waals surface area contributed by atoms with E-state index in [0.717, 1.165) is 10.6 Å². The van der Waals surface area contributed by atoms with E-state index in [1.165, 1.54) is 18.7 Å². The molecule has 0 aliphatic heterocycles. The second-order valence-electron chi connectivity index (χ2n) is 5.15. The maximum absolute atomic E-state index is 11.8. The number of carbonyl (C=O) groups excluding carboxylic acids is 2. The van der Waals surface area contributed by atoms with Crippen LogP contribution in [0.5, 0.6) is 5.75 Å². The van der Waals surface area contributed by atoms with Crippen LogP contribution < -0.4 is 15.4 Å². The fourth-order valence-electron chi connectivity index (χ4n) is 1.93. The van der Waals surface area contributed by atoms with Gasteiger partial charge in [-0.1, -0.05) is 11.6 Å². The van der Waals surface area contributed by atoms with Crippen LogP contribution in [0.15, 0.2) is 53.4 Å². The largest absolute Gasteiger partial charge is 0.492 e. The summed E-state index contributed by atoms with van der Waals surface area (Å²) in [5.41, 5.74) is 0.737. The Morgan fingerprint density at radius 2 is 1.76 bits per heavy atom. The lowest BCUT2D eigenvalue weighted by molar-refractivity contribution is -0.118. The number of ether oxygens (including phenoxy) is 1. The van der Waals surface area contributed by atoms with Crippen LogP contribution in [0.2, 0.25) is 5.02 Å². The molecule has 2 amide bonds. The fourth-order valence-corrected chi connectivity index (χ4v) is 2.78. The second kappa shape index (κ2) is 9.96. The van der Waals surface area contributed by atoms with Crippen LogP contribution in [-0.4, -0.2) is 30.7 Å². The van der Waals surface area contributed by atoms with Crippen LogP contribution in [0.3, 0.4) is 0 Å². The maximum Gasteiger partial charge on any atom is 0.230 e. The van der Waals surface area contributed by atoms with Gasteiger partial charge in [0.2, 0.25) is 11.8 Å². The first kappa shape index (κ1) is 19.1. The molecule has 2 aromatic rings. The molecular weight excluding hydrogens is 360 g/mol. The summed E-state index contributed by atoms with van der Waals surface area (Å²) in [6.45, 7) is 2.29. The topological polar surface area (TPSA) is 67.4 Å². The number of rotatable bonds is 8. The fraction of sp³-hybridized carbons (Fsp3) is 0.222. The van der Waals surface area contributed by atoms with Crippen molar-refractivity contribution in [2.75, 3.05) is 24.2 Å². The molecule has 7 heteroatoms. The highest BCUT2D eigenvalue weighted by Gasteiger charge is 2.03. The van der Waals surface area contributed by atoms with Gasteiger partial charge in [-0.15, -0.1) is 11.8 Å². The van der Waals surface area contributed by atoms with E-state index in [2.05, 4.69) is 10.6 Å². The van der Waals surface area contributed by atoms with Crippen LogP contribution in [0.25, 0.3) is 0 Å². The number of anilines is 1. The van der Waals surface area contributed by atoms with Crippen molar-refractivity contribution in [2.24, 2.45) is 0 Å². The molecule has 0 saturated heterocycles. The highest BCUT2D eigenvalue weighted by molar-refractivity contribution is 8.00. The summed E-state index contributed by atoms with van der Waals surface area (Å²) in [5, 5.41) is 6.16. The van der Waals surface area contributed by atoms with Gasteiger partial charge < -0.3 is 15.4 Å². The molecular formula is C18H19ClN2O3S. The normalized spacial score (nSPS) is 10.2. The summed E-state index contributed by atoms with van der Waals surface area (Å²) >= 11 is 7.23. The van der Waals surface area contributed by atoms with Crippen molar-refractivity contribution in [3.05, 3.63) is 53.6 Å². The van der Waals surface area contributed by atoms with E-state index in [-0.39, 0.29) is 11.8 Å². The van der Waals surface area contributed by atoms with Gasteiger partial charge in [0.25, 0.3) is 0 Å². The van der Waals surface area contributed by atoms with Gasteiger partial charge in [0, 0.05) is 22.5 Å². The van der Waals surface area contributed by atoms with Crippen LogP contribution in [-0.2, 0) is 9.59 Å². The van der Waals surface area contributed by atoms with Crippen molar-refractivity contribution in [1.82, 2.24) is 5.32 Å². The predicted molar refractivity (Wildman–Crippen MR) is 101 cm³/mol. The Bertz CT molecular complexity index is 705. The lowest BCUT2D eigenvalue weighted by Gasteiger charge is -2.08. The summed E-state index contributed by atoms with van der Waals surface area (Å²) in [6.07, 6.45) is 0. The van der Waals surface area contributed by atoms with Gasteiger partial charge in [-0.2, -0.15) is 0 Å². The Balaban J connectivity index is 1.63. The molecule has 0 bridgehead atoms. The van der Waals surface area contributed by atoms with Gasteiger partial charge >= 0.3 is 0 Å². The van der Waals surface area contributed by atoms with Crippen molar-refractivity contribution >= 4 is 40.9 Å². The number of nitrogens with one attached hydrogen (secondary N) is 2. The number of benzene rings is 2. The molecule has 2 N–H and O–H groups in total. The Kier molecular flexibility index (Phi) is 7.63.